The molecule has 0 saturated heterocycles. The molecule has 0 bridgehead atoms. The van der Waals surface area contributed by atoms with Crippen LogP contribution in [0, 0.1) is 11.7 Å². The number of sulfonamides is 1. The lowest BCUT2D eigenvalue weighted by atomic mass is 10.2. The van der Waals surface area contributed by atoms with E-state index in [0.717, 1.165) is 6.07 Å². The van der Waals surface area contributed by atoms with Crippen molar-refractivity contribution in [2.45, 2.75) is 31.5 Å². The van der Waals surface area contributed by atoms with Crippen molar-refractivity contribution in [3.8, 4) is 0 Å². The maximum Gasteiger partial charge on any atom is 0.243 e. The Labute approximate surface area is 119 Å². The van der Waals surface area contributed by atoms with Gasteiger partial charge in [-0.15, -0.1) is 11.6 Å². The van der Waals surface area contributed by atoms with Crippen LogP contribution < -0.4 is 0 Å². The van der Waals surface area contributed by atoms with Crippen LogP contribution >= 0.6 is 11.6 Å². The van der Waals surface area contributed by atoms with Gasteiger partial charge in [0.05, 0.1) is 4.90 Å². The fourth-order valence-electron chi connectivity index (χ4n) is 1.82. The molecule has 0 unspecified atom stereocenters. The highest BCUT2D eigenvalue weighted by Gasteiger charge is 2.26. The van der Waals surface area contributed by atoms with Gasteiger partial charge in [-0.1, -0.05) is 26.8 Å². The summed E-state index contributed by atoms with van der Waals surface area (Å²) >= 11 is 5.74. The molecule has 0 atom stereocenters. The highest BCUT2D eigenvalue weighted by atomic mass is 35.5. The van der Waals surface area contributed by atoms with Crippen LogP contribution in [0.2, 0.25) is 0 Å². The van der Waals surface area contributed by atoms with E-state index >= 15 is 0 Å². The van der Waals surface area contributed by atoms with Gasteiger partial charge in [0, 0.05) is 19.0 Å². The fourth-order valence-corrected chi connectivity index (χ4v) is 3.98. The lowest BCUT2D eigenvalue weighted by Crippen LogP contribution is -2.34. The molecule has 0 fully saturated rings. The monoisotopic (exact) mass is 307 g/mol. The molecule has 19 heavy (non-hydrogen) atoms. The van der Waals surface area contributed by atoms with Crippen molar-refractivity contribution in [2.24, 2.45) is 5.92 Å². The lowest BCUT2D eigenvalue weighted by Gasteiger charge is -2.23. The van der Waals surface area contributed by atoms with Crippen LogP contribution in [-0.4, -0.2) is 25.8 Å². The van der Waals surface area contributed by atoms with E-state index in [1.807, 2.05) is 13.8 Å². The van der Waals surface area contributed by atoms with Crippen molar-refractivity contribution >= 4 is 21.6 Å². The Morgan fingerprint density at radius 1 is 1.37 bits per heavy atom. The number of nitrogens with zero attached hydrogens (tertiary/aromatic N) is 1. The van der Waals surface area contributed by atoms with Crippen LogP contribution in [0.3, 0.4) is 0 Å². The van der Waals surface area contributed by atoms with Crippen LogP contribution in [0.4, 0.5) is 4.39 Å². The Bertz CT molecular complexity index is 531. The molecule has 1 aromatic rings. The maximum absolute atomic E-state index is 13.3. The smallest absolute Gasteiger partial charge is 0.207 e. The number of hydrogen-bond acceptors (Lipinski definition) is 2. The van der Waals surface area contributed by atoms with Gasteiger partial charge in [-0.2, -0.15) is 4.31 Å². The molecule has 1 aromatic carbocycles. The first-order valence-corrected chi connectivity index (χ1v) is 8.14. The number of benzene rings is 1. The van der Waals surface area contributed by atoms with Gasteiger partial charge in [0.1, 0.15) is 5.82 Å². The normalized spacial score (nSPS) is 12.4. The van der Waals surface area contributed by atoms with Crippen LogP contribution in [0.25, 0.3) is 0 Å². The number of hydrogen-bond donors (Lipinski definition) is 0. The van der Waals surface area contributed by atoms with Gasteiger partial charge in [-0.3, -0.25) is 0 Å². The predicted molar refractivity (Wildman–Crippen MR) is 75.2 cm³/mol. The van der Waals surface area contributed by atoms with Crippen LogP contribution in [0.1, 0.15) is 26.3 Å². The first-order chi connectivity index (χ1) is 8.82. The molecule has 1 rings (SSSR count). The minimum absolute atomic E-state index is 0.0358. The van der Waals surface area contributed by atoms with E-state index < -0.39 is 15.8 Å². The van der Waals surface area contributed by atoms with E-state index in [2.05, 4.69) is 0 Å². The average molecular weight is 308 g/mol. The SMILES string of the molecule is CCN(CC(C)C)S(=O)(=O)c1cc(F)ccc1CCl. The third-order valence-corrected chi connectivity index (χ3v) is 5.02. The van der Waals surface area contributed by atoms with Crippen molar-refractivity contribution in [1.82, 2.24) is 4.31 Å². The molecule has 0 amide bonds. The molecule has 0 heterocycles. The molecule has 108 valence electrons. The zero-order valence-corrected chi connectivity index (χ0v) is 12.9. The third kappa shape index (κ3) is 3.91. The van der Waals surface area contributed by atoms with E-state index in [1.54, 1.807) is 6.92 Å². The molecule has 0 spiro atoms. The van der Waals surface area contributed by atoms with E-state index in [-0.39, 0.29) is 16.7 Å². The molecule has 0 aliphatic rings. The molecule has 3 nitrogen and oxygen atoms in total. The average Bonchev–Trinajstić information content (AvgIpc) is 2.35. The number of rotatable bonds is 6. The fraction of sp³-hybridized carbons (Fsp3) is 0.538. The highest BCUT2D eigenvalue weighted by Crippen LogP contribution is 2.23. The van der Waals surface area contributed by atoms with Gasteiger partial charge >= 0.3 is 0 Å². The molecular weight excluding hydrogens is 289 g/mol. The van der Waals surface area contributed by atoms with Gasteiger partial charge in [0.2, 0.25) is 10.0 Å². The molecular formula is C13H19ClFNO2S. The number of halogens is 2. The lowest BCUT2D eigenvalue weighted by molar-refractivity contribution is 0.380. The van der Waals surface area contributed by atoms with Crippen molar-refractivity contribution in [2.75, 3.05) is 13.1 Å². The second-order valence-corrected chi connectivity index (χ2v) is 6.91. The second kappa shape index (κ2) is 6.68. The van der Waals surface area contributed by atoms with Crippen molar-refractivity contribution in [3.05, 3.63) is 29.6 Å². The standard InChI is InChI=1S/C13H19ClFNO2S/c1-4-16(9-10(2)3)19(17,18)13-7-12(15)6-5-11(13)8-14/h5-7,10H,4,8-9H2,1-3H3. The summed E-state index contributed by atoms with van der Waals surface area (Å²) in [5, 5.41) is 0. The van der Waals surface area contributed by atoms with Gasteiger partial charge < -0.3 is 0 Å². The molecule has 0 aromatic heterocycles. The van der Waals surface area contributed by atoms with Gasteiger partial charge in [-0.05, 0) is 23.6 Å². The van der Waals surface area contributed by atoms with E-state index in [4.69, 9.17) is 11.6 Å². The largest absolute Gasteiger partial charge is 0.243 e. The summed E-state index contributed by atoms with van der Waals surface area (Å²) in [6, 6.07) is 3.67. The first kappa shape index (κ1) is 16.4. The molecule has 0 aliphatic carbocycles. The minimum Gasteiger partial charge on any atom is -0.207 e. The predicted octanol–water partition coefficient (Wildman–Crippen LogP) is 3.23. The zero-order chi connectivity index (χ0) is 14.6. The Balaban J connectivity index is 3.28. The maximum atomic E-state index is 13.3. The van der Waals surface area contributed by atoms with Crippen molar-refractivity contribution in [1.29, 1.82) is 0 Å². The zero-order valence-electron chi connectivity index (χ0n) is 11.4. The van der Waals surface area contributed by atoms with Gasteiger partial charge in [-0.25, -0.2) is 12.8 Å². The summed E-state index contributed by atoms with van der Waals surface area (Å²) in [7, 11) is -3.70. The third-order valence-electron chi connectivity index (χ3n) is 2.71. The molecule has 0 aliphatic heterocycles. The summed E-state index contributed by atoms with van der Waals surface area (Å²) in [5.74, 6) is -0.343. The molecule has 6 heteroatoms. The molecule has 0 saturated carbocycles. The quantitative estimate of drug-likeness (QED) is 0.757. The second-order valence-electron chi connectivity index (χ2n) is 4.74. The summed E-state index contributed by atoms with van der Waals surface area (Å²) in [5.41, 5.74) is 0.422. The minimum atomic E-state index is -3.70. The highest BCUT2D eigenvalue weighted by molar-refractivity contribution is 7.89. The molecule has 0 radical (unpaired) electrons. The Morgan fingerprint density at radius 2 is 2.00 bits per heavy atom. The van der Waals surface area contributed by atoms with Crippen molar-refractivity contribution in [3.63, 3.8) is 0 Å². The van der Waals surface area contributed by atoms with Gasteiger partial charge in [0.15, 0.2) is 0 Å². The first-order valence-electron chi connectivity index (χ1n) is 6.17. The van der Waals surface area contributed by atoms with Gasteiger partial charge in [0.25, 0.3) is 0 Å². The van der Waals surface area contributed by atoms with Crippen LogP contribution in [0.15, 0.2) is 23.1 Å². The van der Waals surface area contributed by atoms with E-state index in [1.165, 1.54) is 16.4 Å². The Hall–Kier alpha value is -0.650. The van der Waals surface area contributed by atoms with E-state index in [0.29, 0.717) is 18.7 Å². The van der Waals surface area contributed by atoms with Crippen molar-refractivity contribution < 1.29 is 12.8 Å². The summed E-state index contributed by atoms with van der Waals surface area (Å²) < 4.78 is 39.7. The number of alkyl halides is 1. The summed E-state index contributed by atoms with van der Waals surface area (Å²) in [6.07, 6.45) is 0. The Morgan fingerprint density at radius 3 is 2.47 bits per heavy atom. The summed E-state index contributed by atoms with van der Waals surface area (Å²) in [4.78, 5) is -0.0370. The molecule has 0 N–H and O–H groups in total. The Kier molecular flexibility index (Phi) is 5.77. The van der Waals surface area contributed by atoms with E-state index in [9.17, 15) is 12.8 Å². The van der Waals surface area contributed by atoms with Crippen LogP contribution in [-0.2, 0) is 15.9 Å². The topological polar surface area (TPSA) is 37.4 Å². The summed E-state index contributed by atoms with van der Waals surface area (Å²) in [6.45, 7) is 6.38. The van der Waals surface area contributed by atoms with Crippen LogP contribution in [0.5, 0.6) is 0 Å².